The second-order valence-electron chi connectivity index (χ2n) is 4.60. The Labute approximate surface area is 111 Å². The summed E-state index contributed by atoms with van der Waals surface area (Å²) in [5.74, 6) is -0.446. The number of aromatic nitrogens is 2. The summed E-state index contributed by atoms with van der Waals surface area (Å²) in [6.07, 6.45) is 1.49. The number of aliphatic carboxylic acids is 1. The van der Waals surface area contributed by atoms with E-state index in [0.717, 1.165) is 0 Å². The quantitative estimate of drug-likeness (QED) is 0.789. The Morgan fingerprint density at radius 2 is 2.16 bits per heavy atom. The van der Waals surface area contributed by atoms with Crippen LogP contribution < -0.4 is 0 Å². The van der Waals surface area contributed by atoms with Gasteiger partial charge in [-0.3, -0.25) is 9.59 Å². The lowest BCUT2D eigenvalue weighted by molar-refractivity contribution is -0.142. The third-order valence-corrected chi connectivity index (χ3v) is 2.75. The number of carbonyl (C=O) groups is 2. The zero-order chi connectivity index (χ0) is 14.4. The smallest absolute Gasteiger partial charge is 0.308 e. The molecular formula is C12H19N3O4. The zero-order valence-electron chi connectivity index (χ0n) is 11.4. The minimum atomic E-state index is -0.902. The van der Waals surface area contributed by atoms with Crippen LogP contribution >= 0.6 is 0 Å². The molecule has 0 bridgehead atoms. The Morgan fingerprint density at radius 3 is 2.68 bits per heavy atom. The van der Waals surface area contributed by atoms with Gasteiger partial charge in [0.15, 0.2) is 5.82 Å². The first-order valence-electron chi connectivity index (χ1n) is 6.16. The lowest BCUT2D eigenvalue weighted by Crippen LogP contribution is -2.33. The summed E-state index contributed by atoms with van der Waals surface area (Å²) in [5.41, 5.74) is 0. The number of amides is 1. The molecule has 19 heavy (non-hydrogen) atoms. The van der Waals surface area contributed by atoms with Crippen LogP contribution in [-0.2, 0) is 16.0 Å². The van der Waals surface area contributed by atoms with Crippen molar-refractivity contribution in [2.24, 2.45) is 5.92 Å². The maximum atomic E-state index is 11.8. The number of nitrogens with zero attached hydrogens (tertiary/aromatic N) is 3. The first-order valence-corrected chi connectivity index (χ1v) is 6.16. The third-order valence-electron chi connectivity index (χ3n) is 2.75. The number of carboxylic acids is 1. The SMILES string of the molecule is Cc1noc(CCCC(=O)N(C)C[C@H](C)C(=O)O)n1. The number of carboxylic acid groups (broad SMARTS) is 1. The predicted molar refractivity (Wildman–Crippen MR) is 66.4 cm³/mol. The Kier molecular flexibility index (Phi) is 5.47. The van der Waals surface area contributed by atoms with Gasteiger partial charge in [-0.05, 0) is 13.3 Å². The summed E-state index contributed by atoms with van der Waals surface area (Å²) < 4.78 is 4.94. The average Bonchev–Trinajstić information content (AvgIpc) is 2.74. The van der Waals surface area contributed by atoms with Crippen molar-refractivity contribution >= 4 is 11.9 Å². The summed E-state index contributed by atoms with van der Waals surface area (Å²) >= 11 is 0. The second-order valence-corrected chi connectivity index (χ2v) is 4.60. The molecule has 1 atom stereocenters. The molecule has 1 aromatic heterocycles. The van der Waals surface area contributed by atoms with Crippen molar-refractivity contribution in [3.05, 3.63) is 11.7 Å². The fraction of sp³-hybridized carbons (Fsp3) is 0.667. The Balaban J connectivity index is 2.28. The van der Waals surface area contributed by atoms with Gasteiger partial charge in [0.1, 0.15) is 0 Å². The number of hydrogen-bond acceptors (Lipinski definition) is 5. The molecule has 1 rings (SSSR count). The first-order chi connectivity index (χ1) is 8.90. The van der Waals surface area contributed by atoms with E-state index in [1.807, 2.05) is 0 Å². The molecule has 1 aromatic rings. The predicted octanol–water partition coefficient (Wildman–Crippen LogP) is 0.880. The molecule has 0 unspecified atom stereocenters. The Morgan fingerprint density at radius 1 is 1.47 bits per heavy atom. The second kappa shape index (κ2) is 6.86. The summed E-state index contributed by atoms with van der Waals surface area (Å²) in [6, 6.07) is 0. The standard InChI is InChI=1S/C12H19N3O4/c1-8(12(17)18)7-15(3)11(16)6-4-5-10-13-9(2)14-19-10/h8H,4-7H2,1-3H3,(H,17,18)/t8-/m0/s1. The van der Waals surface area contributed by atoms with Gasteiger partial charge in [0.2, 0.25) is 11.8 Å². The van der Waals surface area contributed by atoms with Crippen molar-refractivity contribution in [3.8, 4) is 0 Å². The largest absolute Gasteiger partial charge is 0.481 e. The lowest BCUT2D eigenvalue weighted by atomic mass is 10.1. The van der Waals surface area contributed by atoms with Gasteiger partial charge in [-0.2, -0.15) is 4.98 Å². The fourth-order valence-corrected chi connectivity index (χ4v) is 1.61. The highest BCUT2D eigenvalue weighted by atomic mass is 16.5. The van der Waals surface area contributed by atoms with E-state index in [9.17, 15) is 9.59 Å². The van der Waals surface area contributed by atoms with Gasteiger partial charge in [-0.25, -0.2) is 0 Å². The van der Waals surface area contributed by atoms with Gasteiger partial charge in [0.25, 0.3) is 0 Å². The van der Waals surface area contributed by atoms with Crippen molar-refractivity contribution < 1.29 is 19.2 Å². The van der Waals surface area contributed by atoms with Gasteiger partial charge < -0.3 is 14.5 Å². The monoisotopic (exact) mass is 269 g/mol. The van der Waals surface area contributed by atoms with Crippen LogP contribution in [0.2, 0.25) is 0 Å². The van der Waals surface area contributed by atoms with Crippen LogP contribution in [0.25, 0.3) is 0 Å². The minimum Gasteiger partial charge on any atom is -0.481 e. The van der Waals surface area contributed by atoms with Crippen molar-refractivity contribution in [1.82, 2.24) is 15.0 Å². The summed E-state index contributed by atoms with van der Waals surface area (Å²) in [4.78, 5) is 27.9. The molecule has 1 amide bonds. The van der Waals surface area contributed by atoms with Crippen molar-refractivity contribution in [1.29, 1.82) is 0 Å². The van der Waals surface area contributed by atoms with Gasteiger partial charge >= 0.3 is 5.97 Å². The number of carbonyl (C=O) groups excluding carboxylic acids is 1. The highest BCUT2D eigenvalue weighted by molar-refractivity contribution is 5.77. The molecule has 0 radical (unpaired) electrons. The fourth-order valence-electron chi connectivity index (χ4n) is 1.61. The van der Waals surface area contributed by atoms with E-state index in [0.29, 0.717) is 31.0 Å². The molecule has 0 spiro atoms. The molecule has 7 nitrogen and oxygen atoms in total. The average molecular weight is 269 g/mol. The maximum absolute atomic E-state index is 11.8. The van der Waals surface area contributed by atoms with Gasteiger partial charge in [-0.15, -0.1) is 0 Å². The Bertz CT molecular complexity index is 444. The number of aryl methyl sites for hydroxylation is 2. The molecule has 7 heteroatoms. The van der Waals surface area contributed by atoms with E-state index in [-0.39, 0.29) is 12.5 Å². The van der Waals surface area contributed by atoms with Crippen LogP contribution in [0.3, 0.4) is 0 Å². The molecule has 0 aliphatic carbocycles. The summed E-state index contributed by atoms with van der Waals surface area (Å²) in [5, 5.41) is 12.4. The van der Waals surface area contributed by atoms with Crippen molar-refractivity contribution in [2.75, 3.05) is 13.6 Å². The minimum absolute atomic E-state index is 0.0793. The topological polar surface area (TPSA) is 96.5 Å². The molecule has 106 valence electrons. The molecule has 0 aliphatic rings. The highest BCUT2D eigenvalue weighted by Crippen LogP contribution is 2.06. The molecule has 1 N–H and O–H groups in total. The zero-order valence-corrected chi connectivity index (χ0v) is 11.4. The van der Waals surface area contributed by atoms with Gasteiger partial charge in [-0.1, -0.05) is 12.1 Å². The number of hydrogen-bond donors (Lipinski definition) is 1. The van der Waals surface area contributed by atoms with Crippen molar-refractivity contribution in [2.45, 2.75) is 33.1 Å². The molecule has 1 heterocycles. The lowest BCUT2D eigenvalue weighted by Gasteiger charge is -2.19. The molecule has 0 aliphatic heterocycles. The van der Waals surface area contributed by atoms with E-state index >= 15 is 0 Å². The normalized spacial score (nSPS) is 12.2. The maximum Gasteiger partial charge on any atom is 0.308 e. The molecule has 0 fully saturated rings. The molecule has 0 saturated carbocycles. The highest BCUT2D eigenvalue weighted by Gasteiger charge is 2.17. The Hall–Kier alpha value is -1.92. The van der Waals surface area contributed by atoms with Crippen LogP contribution in [0.4, 0.5) is 0 Å². The molecular weight excluding hydrogens is 250 g/mol. The summed E-state index contributed by atoms with van der Waals surface area (Å²) in [7, 11) is 1.61. The van der Waals surface area contributed by atoms with Crippen LogP contribution in [0.15, 0.2) is 4.52 Å². The molecule has 0 saturated heterocycles. The van der Waals surface area contributed by atoms with E-state index in [2.05, 4.69) is 10.1 Å². The van der Waals surface area contributed by atoms with Crippen LogP contribution in [0.5, 0.6) is 0 Å². The van der Waals surface area contributed by atoms with Crippen LogP contribution in [0.1, 0.15) is 31.5 Å². The third kappa shape index (κ3) is 5.07. The van der Waals surface area contributed by atoms with E-state index in [4.69, 9.17) is 9.63 Å². The van der Waals surface area contributed by atoms with Gasteiger partial charge in [0, 0.05) is 26.4 Å². The van der Waals surface area contributed by atoms with Gasteiger partial charge in [0.05, 0.1) is 5.92 Å². The van der Waals surface area contributed by atoms with E-state index < -0.39 is 11.9 Å². The van der Waals surface area contributed by atoms with E-state index in [1.54, 1.807) is 20.9 Å². The van der Waals surface area contributed by atoms with Crippen LogP contribution in [-0.4, -0.2) is 45.6 Å². The first kappa shape index (κ1) is 15.1. The van der Waals surface area contributed by atoms with E-state index in [1.165, 1.54) is 4.90 Å². The summed E-state index contributed by atoms with van der Waals surface area (Å²) in [6.45, 7) is 3.53. The number of rotatable bonds is 7. The van der Waals surface area contributed by atoms with Crippen molar-refractivity contribution in [3.63, 3.8) is 0 Å². The van der Waals surface area contributed by atoms with Crippen LogP contribution in [0, 0.1) is 12.8 Å². The molecule has 0 aromatic carbocycles.